The van der Waals surface area contributed by atoms with Crippen LogP contribution in [-0.4, -0.2) is 5.78 Å². The van der Waals surface area contributed by atoms with Crippen molar-refractivity contribution in [2.24, 2.45) is 5.92 Å². The average molecular weight is 571 g/mol. The summed E-state index contributed by atoms with van der Waals surface area (Å²) in [6, 6.07) is 8.38. The van der Waals surface area contributed by atoms with Gasteiger partial charge in [0.05, 0.1) is 0 Å². The van der Waals surface area contributed by atoms with E-state index in [2.05, 4.69) is 69.4 Å². The van der Waals surface area contributed by atoms with E-state index in [1.54, 1.807) is 5.57 Å². The molecule has 0 bridgehead atoms. The minimum absolute atomic E-state index is 0.197. The number of hydrogen-bond acceptors (Lipinski definition) is 2. The van der Waals surface area contributed by atoms with Gasteiger partial charge in [0.15, 0.2) is 5.78 Å². The average Bonchev–Trinajstić information content (AvgIpc) is 3.03. The van der Waals surface area contributed by atoms with Crippen molar-refractivity contribution in [1.82, 2.24) is 0 Å². The van der Waals surface area contributed by atoms with Crippen LogP contribution in [0.1, 0.15) is 152 Å². The van der Waals surface area contributed by atoms with Crippen LogP contribution < -0.4 is 0 Å². The van der Waals surface area contributed by atoms with Gasteiger partial charge in [0.2, 0.25) is 0 Å². The molecule has 2 nitrogen and oxygen atoms in total. The highest BCUT2D eigenvalue weighted by Crippen LogP contribution is 2.29. The molecule has 2 aliphatic carbocycles. The molecule has 2 heteroatoms. The van der Waals surface area contributed by atoms with Crippen LogP contribution in [0.15, 0.2) is 83.4 Å². The smallest absolute Gasteiger partial charge is 0.188 e. The van der Waals surface area contributed by atoms with Gasteiger partial charge in [0, 0.05) is 12.0 Å². The second-order valence-electron chi connectivity index (χ2n) is 12.4. The Morgan fingerprint density at radius 2 is 1.62 bits per heavy atom. The summed E-state index contributed by atoms with van der Waals surface area (Å²) in [6.45, 7) is 6.79. The third-order valence-electron chi connectivity index (χ3n) is 8.65. The van der Waals surface area contributed by atoms with Gasteiger partial charge in [0.25, 0.3) is 0 Å². The maximum absolute atomic E-state index is 13.8. The van der Waals surface area contributed by atoms with E-state index in [-0.39, 0.29) is 5.78 Å². The summed E-state index contributed by atoms with van der Waals surface area (Å²) in [6.07, 6.45) is 35.6. The lowest BCUT2D eigenvalue weighted by Crippen LogP contribution is -2.10. The number of allylic oxidation sites excluding steroid dienone is 9. The molecule has 230 valence electrons. The van der Waals surface area contributed by atoms with Crippen molar-refractivity contribution in [3.63, 3.8) is 0 Å². The van der Waals surface area contributed by atoms with Gasteiger partial charge in [-0.1, -0.05) is 94.5 Å². The molecule has 1 aromatic rings. The molecule has 1 atom stereocenters. The fourth-order valence-electron chi connectivity index (χ4n) is 5.90. The minimum atomic E-state index is 0.197. The molecule has 0 saturated carbocycles. The zero-order chi connectivity index (χ0) is 29.8. The number of benzene rings is 1. The van der Waals surface area contributed by atoms with E-state index in [1.165, 1.54) is 76.2 Å². The minimum Gasteiger partial charge on any atom is -0.462 e. The Hall–Kier alpha value is -2.61. The maximum atomic E-state index is 13.8. The van der Waals surface area contributed by atoms with E-state index in [9.17, 15) is 4.79 Å². The number of aryl methyl sites for hydroxylation is 1. The van der Waals surface area contributed by atoms with Crippen LogP contribution in [0.25, 0.3) is 0 Å². The third-order valence-corrected chi connectivity index (χ3v) is 8.65. The van der Waals surface area contributed by atoms with Crippen LogP contribution in [0.5, 0.6) is 0 Å². The molecule has 0 amide bonds. The number of hydrogen-bond donors (Lipinski definition) is 0. The summed E-state index contributed by atoms with van der Waals surface area (Å²) in [5.41, 5.74) is 4.76. The van der Waals surface area contributed by atoms with E-state index in [0.29, 0.717) is 5.92 Å². The fraction of sp³-hybridized carbons (Fsp3) is 0.575. The molecule has 0 N–H and O–H groups in total. The monoisotopic (exact) mass is 570 g/mol. The lowest BCUT2D eigenvalue weighted by atomic mass is 9.88. The Bertz CT molecular complexity index is 1080. The number of carbonyl (C=O) groups is 1. The van der Waals surface area contributed by atoms with Crippen LogP contribution in [-0.2, 0) is 11.2 Å². The Balaban J connectivity index is 1.63. The number of ether oxygens (including phenoxy) is 1. The second-order valence-corrected chi connectivity index (χ2v) is 12.4. The molecule has 1 aromatic carbocycles. The van der Waals surface area contributed by atoms with Gasteiger partial charge in [-0.3, -0.25) is 4.79 Å². The predicted octanol–water partition coefficient (Wildman–Crippen LogP) is 12.3. The fourth-order valence-corrected chi connectivity index (χ4v) is 5.90. The molecular weight excluding hydrogens is 512 g/mol. The molecule has 0 fully saturated rings. The summed E-state index contributed by atoms with van der Waals surface area (Å²) in [7, 11) is 0. The molecule has 0 aromatic heterocycles. The maximum Gasteiger partial charge on any atom is 0.188 e. The first-order chi connectivity index (χ1) is 20.6. The van der Waals surface area contributed by atoms with Crippen molar-refractivity contribution in [3.8, 4) is 0 Å². The van der Waals surface area contributed by atoms with Crippen LogP contribution in [0, 0.1) is 5.92 Å². The molecule has 2 aliphatic rings. The first-order valence-corrected chi connectivity index (χ1v) is 17.4. The molecule has 0 spiro atoms. The number of carbonyl (C=O) groups excluding carboxylic acids is 1. The van der Waals surface area contributed by atoms with Crippen molar-refractivity contribution < 1.29 is 9.53 Å². The molecule has 3 rings (SSSR count). The number of unbranched alkanes of at least 4 members (excludes halogenated alkanes) is 6. The zero-order valence-corrected chi connectivity index (χ0v) is 27.1. The summed E-state index contributed by atoms with van der Waals surface area (Å²) >= 11 is 0. The van der Waals surface area contributed by atoms with E-state index >= 15 is 0 Å². The van der Waals surface area contributed by atoms with Crippen LogP contribution in [0.3, 0.4) is 0 Å². The topological polar surface area (TPSA) is 26.3 Å². The number of ketones is 1. The van der Waals surface area contributed by atoms with Gasteiger partial charge in [-0.2, -0.15) is 0 Å². The standard InChI is InChI=1S/C40H58O2/c1-4-7-12-19-33(17-8-5-2)20-13-10-14-21-37(40(41)36-28-24-34(25-29-36)18-9-6-3)32-35-26-30-39(31-27-35)42-38-22-15-11-16-23-38/h20-22,24-26,28-31,35H,4-19,23,27,32H2,1-3H3/b33-20+,37-21+. The molecule has 0 heterocycles. The second kappa shape index (κ2) is 20.3. The van der Waals surface area contributed by atoms with Crippen LogP contribution in [0.4, 0.5) is 0 Å². The molecule has 1 unspecified atom stereocenters. The van der Waals surface area contributed by atoms with Crippen molar-refractivity contribution >= 4 is 5.78 Å². The molecule has 0 aliphatic heterocycles. The van der Waals surface area contributed by atoms with Crippen molar-refractivity contribution in [1.29, 1.82) is 0 Å². The Morgan fingerprint density at radius 1 is 0.857 bits per heavy atom. The molecule has 0 saturated heterocycles. The molecular formula is C40H58O2. The number of Topliss-reactive ketones (excluding diaryl/α,β-unsaturated/α-hetero) is 1. The van der Waals surface area contributed by atoms with Gasteiger partial charge in [-0.25, -0.2) is 0 Å². The van der Waals surface area contributed by atoms with Crippen molar-refractivity contribution in [2.45, 2.75) is 143 Å². The first-order valence-electron chi connectivity index (χ1n) is 17.4. The van der Waals surface area contributed by atoms with Crippen LogP contribution in [0.2, 0.25) is 0 Å². The summed E-state index contributed by atoms with van der Waals surface area (Å²) < 4.78 is 6.16. The van der Waals surface area contributed by atoms with E-state index in [0.717, 1.165) is 74.0 Å². The van der Waals surface area contributed by atoms with Gasteiger partial charge in [0.1, 0.15) is 11.5 Å². The Kier molecular flexibility index (Phi) is 16.4. The van der Waals surface area contributed by atoms with Gasteiger partial charge in [-0.15, -0.1) is 0 Å². The van der Waals surface area contributed by atoms with Crippen molar-refractivity contribution in [2.75, 3.05) is 0 Å². The van der Waals surface area contributed by atoms with E-state index in [1.807, 2.05) is 12.1 Å². The predicted molar refractivity (Wildman–Crippen MR) is 181 cm³/mol. The molecule has 42 heavy (non-hydrogen) atoms. The van der Waals surface area contributed by atoms with E-state index < -0.39 is 0 Å². The van der Waals surface area contributed by atoms with E-state index in [4.69, 9.17) is 4.74 Å². The largest absolute Gasteiger partial charge is 0.462 e. The lowest BCUT2D eigenvalue weighted by molar-refractivity contribution is 0.102. The van der Waals surface area contributed by atoms with Crippen LogP contribution >= 0.6 is 0 Å². The lowest BCUT2D eigenvalue weighted by Gasteiger charge is -2.20. The number of rotatable bonds is 20. The Labute approximate surface area is 258 Å². The summed E-state index contributed by atoms with van der Waals surface area (Å²) in [5.74, 6) is 2.60. The van der Waals surface area contributed by atoms with Gasteiger partial charge >= 0.3 is 0 Å². The highest BCUT2D eigenvalue weighted by molar-refractivity contribution is 6.08. The highest BCUT2D eigenvalue weighted by atomic mass is 16.5. The quantitative estimate of drug-likeness (QED) is 0.0674. The normalized spacial score (nSPS) is 17.6. The summed E-state index contributed by atoms with van der Waals surface area (Å²) in [4.78, 5) is 13.8. The van der Waals surface area contributed by atoms with Gasteiger partial charge in [-0.05, 0) is 125 Å². The van der Waals surface area contributed by atoms with Crippen molar-refractivity contribution in [3.05, 3.63) is 94.5 Å². The molecule has 0 radical (unpaired) electrons. The SMILES string of the molecule is CCCCC/C(=C/CCC/C=C(\CC1C=CC(OC2=CCCCC2)=CC1)C(=O)c1ccc(CCCC)cc1)CCCC. The first kappa shape index (κ1) is 33.9. The zero-order valence-electron chi connectivity index (χ0n) is 27.1. The Morgan fingerprint density at radius 3 is 2.31 bits per heavy atom. The highest BCUT2D eigenvalue weighted by Gasteiger charge is 2.19. The third kappa shape index (κ3) is 12.7. The van der Waals surface area contributed by atoms with Gasteiger partial charge < -0.3 is 4.74 Å². The summed E-state index contributed by atoms with van der Waals surface area (Å²) in [5, 5.41) is 0.